The quantitative estimate of drug-likeness (QED) is 0.903. The van der Waals surface area contributed by atoms with Crippen LogP contribution in [0.25, 0.3) is 11.3 Å². The molecule has 96 valence electrons. The largest absolute Gasteiger partial charge is 0.496 e. The van der Waals surface area contributed by atoms with Gasteiger partial charge in [-0.3, -0.25) is 0 Å². The maximum absolute atomic E-state index is 5.56. The van der Waals surface area contributed by atoms with Gasteiger partial charge in [0.25, 0.3) is 6.01 Å². The summed E-state index contributed by atoms with van der Waals surface area (Å²) in [5.41, 5.74) is 8.02. The minimum absolute atomic E-state index is 0.151. The van der Waals surface area contributed by atoms with E-state index in [4.69, 9.17) is 19.6 Å². The number of hydrogen-bond donors (Lipinski definition) is 1. The van der Waals surface area contributed by atoms with Crippen LogP contribution in [0.2, 0.25) is 0 Å². The number of aromatic nitrogens is 1. The molecule has 0 atom stereocenters. The molecule has 1 aromatic carbocycles. The van der Waals surface area contributed by atoms with Crippen LogP contribution in [0.1, 0.15) is 11.3 Å². The highest BCUT2D eigenvalue weighted by Gasteiger charge is 2.18. The van der Waals surface area contributed by atoms with Crippen molar-refractivity contribution in [2.75, 3.05) is 20.0 Å². The first-order valence-corrected chi connectivity index (χ1v) is 5.53. The van der Waals surface area contributed by atoms with Gasteiger partial charge in [0, 0.05) is 5.56 Å². The van der Waals surface area contributed by atoms with Crippen molar-refractivity contribution in [1.82, 2.24) is 4.98 Å². The van der Waals surface area contributed by atoms with Gasteiger partial charge in [-0.25, -0.2) is 0 Å². The van der Waals surface area contributed by atoms with E-state index < -0.39 is 0 Å². The summed E-state index contributed by atoms with van der Waals surface area (Å²) in [7, 11) is 3.24. The van der Waals surface area contributed by atoms with Crippen LogP contribution in [0.4, 0.5) is 6.01 Å². The Hall–Kier alpha value is -2.17. The van der Waals surface area contributed by atoms with Crippen LogP contribution < -0.4 is 15.2 Å². The molecule has 0 amide bonds. The first-order chi connectivity index (χ1) is 8.58. The molecule has 18 heavy (non-hydrogen) atoms. The van der Waals surface area contributed by atoms with Crippen LogP contribution in [0.15, 0.2) is 16.5 Å². The number of nitrogens with two attached hydrogens (primary N) is 1. The fourth-order valence-corrected chi connectivity index (χ4v) is 2.00. The zero-order valence-electron chi connectivity index (χ0n) is 10.9. The van der Waals surface area contributed by atoms with Gasteiger partial charge in [0.05, 0.1) is 25.5 Å². The molecule has 2 rings (SSSR count). The lowest BCUT2D eigenvalue weighted by Gasteiger charge is -2.13. The third-order valence-corrected chi connectivity index (χ3v) is 2.84. The zero-order chi connectivity index (χ0) is 13.3. The Morgan fingerprint density at radius 3 is 2.39 bits per heavy atom. The maximum atomic E-state index is 5.56. The number of methoxy groups -OCH3 is 2. The number of benzene rings is 1. The molecule has 0 spiro atoms. The standard InChI is InChI=1S/C13H16N2O3/c1-7-10(16-3)6-5-9(11(7)17-4)12-8(2)15-13(14)18-12/h5-6H,1-4H3,(H2,14,15). The Balaban J connectivity index is 2.65. The molecule has 0 saturated heterocycles. The smallest absolute Gasteiger partial charge is 0.292 e. The van der Waals surface area contributed by atoms with Crippen LogP contribution in [0.5, 0.6) is 11.5 Å². The second-order valence-electron chi connectivity index (χ2n) is 3.94. The van der Waals surface area contributed by atoms with E-state index in [1.165, 1.54) is 0 Å². The van der Waals surface area contributed by atoms with Crippen LogP contribution >= 0.6 is 0 Å². The minimum Gasteiger partial charge on any atom is -0.496 e. The molecule has 1 aromatic heterocycles. The zero-order valence-corrected chi connectivity index (χ0v) is 10.9. The van der Waals surface area contributed by atoms with Gasteiger partial charge in [-0.15, -0.1) is 0 Å². The molecule has 2 N–H and O–H groups in total. The molecule has 0 bridgehead atoms. The molecular weight excluding hydrogens is 232 g/mol. The molecule has 2 aromatic rings. The van der Waals surface area contributed by atoms with Gasteiger partial charge in [-0.1, -0.05) is 0 Å². The Labute approximate surface area is 106 Å². The van der Waals surface area contributed by atoms with Crippen LogP contribution in [0.3, 0.4) is 0 Å². The normalized spacial score (nSPS) is 10.4. The fourth-order valence-electron chi connectivity index (χ4n) is 2.00. The first kappa shape index (κ1) is 12.3. The van der Waals surface area contributed by atoms with Crippen LogP contribution in [-0.4, -0.2) is 19.2 Å². The Kier molecular flexibility index (Phi) is 3.14. The van der Waals surface area contributed by atoms with E-state index in [1.54, 1.807) is 14.2 Å². The van der Waals surface area contributed by atoms with E-state index >= 15 is 0 Å². The number of oxazole rings is 1. The number of ether oxygens (including phenoxy) is 2. The Bertz CT molecular complexity index is 576. The molecule has 0 fully saturated rings. The molecular formula is C13H16N2O3. The van der Waals surface area contributed by atoms with E-state index in [1.807, 2.05) is 26.0 Å². The number of anilines is 1. The van der Waals surface area contributed by atoms with Gasteiger partial charge in [0.2, 0.25) is 0 Å². The number of nitrogens with zero attached hydrogens (tertiary/aromatic N) is 1. The topological polar surface area (TPSA) is 70.5 Å². The lowest BCUT2D eigenvalue weighted by Crippen LogP contribution is -1.95. The Morgan fingerprint density at radius 1 is 1.17 bits per heavy atom. The van der Waals surface area contributed by atoms with Crippen molar-refractivity contribution >= 4 is 6.01 Å². The molecule has 0 unspecified atom stereocenters. The molecule has 1 heterocycles. The average Bonchev–Trinajstić information content (AvgIpc) is 2.68. The number of rotatable bonds is 3. The van der Waals surface area contributed by atoms with E-state index in [0.717, 1.165) is 22.6 Å². The molecule has 0 aliphatic carbocycles. The summed E-state index contributed by atoms with van der Waals surface area (Å²) in [6.07, 6.45) is 0. The van der Waals surface area contributed by atoms with E-state index in [9.17, 15) is 0 Å². The van der Waals surface area contributed by atoms with Crippen molar-refractivity contribution in [3.05, 3.63) is 23.4 Å². The number of hydrogen-bond acceptors (Lipinski definition) is 5. The lowest BCUT2D eigenvalue weighted by molar-refractivity contribution is 0.389. The highest BCUT2D eigenvalue weighted by molar-refractivity contribution is 5.72. The van der Waals surface area contributed by atoms with Crippen LogP contribution in [-0.2, 0) is 0 Å². The molecule has 5 heteroatoms. The lowest BCUT2D eigenvalue weighted by atomic mass is 10.1. The second-order valence-corrected chi connectivity index (χ2v) is 3.94. The van der Waals surface area contributed by atoms with E-state index in [-0.39, 0.29) is 6.01 Å². The third-order valence-electron chi connectivity index (χ3n) is 2.84. The van der Waals surface area contributed by atoms with E-state index in [0.29, 0.717) is 11.5 Å². The summed E-state index contributed by atoms with van der Waals surface area (Å²) in [6, 6.07) is 3.89. The van der Waals surface area contributed by atoms with Crippen molar-refractivity contribution in [2.45, 2.75) is 13.8 Å². The van der Waals surface area contributed by atoms with Gasteiger partial charge < -0.3 is 19.6 Å². The van der Waals surface area contributed by atoms with Crippen LogP contribution in [0, 0.1) is 13.8 Å². The summed E-state index contributed by atoms with van der Waals surface area (Å²) in [5, 5.41) is 0. The molecule has 0 aliphatic rings. The maximum Gasteiger partial charge on any atom is 0.292 e. The van der Waals surface area contributed by atoms with Gasteiger partial charge in [-0.05, 0) is 26.0 Å². The van der Waals surface area contributed by atoms with Crippen molar-refractivity contribution in [2.24, 2.45) is 0 Å². The number of nitrogen functional groups attached to an aromatic ring is 1. The van der Waals surface area contributed by atoms with Crippen molar-refractivity contribution in [3.8, 4) is 22.8 Å². The molecule has 0 aliphatic heterocycles. The highest BCUT2D eigenvalue weighted by Crippen LogP contribution is 2.39. The summed E-state index contributed by atoms with van der Waals surface area (Å²) in [6.45, 7) is 3.77. The summed E-state index contributed by atoms with van der Waals surface area (Å²) < 4.78 is 16.1. The summed E-state index contributed by atoms with van der Waals surface area (Å²) in [5.74, 6) is 2.09. The van der Waals surface area contributed by atoms with E-state index in [2.05, 4.69) is 4.98 Å². The van der Waals surface area contributed by atoms with Gasteiger partial charge in [0.1, 0.15) is 11.5 Å². The van der Waals surface area contributed by atoms with Crippen molar-refractivity contribution in [3.63, 3.8) is 0 Å². The average molecular weight is 248 g/mol. The molecule has 5 nitrogen and oxygen atoms in total. The monoisotopic (exact) mass is 248 g/mol. The fraction of sp³-hybridized carbons (Fsp3) is 0.308. The minimum atomic E-state index is 0.151. The predicted octanol–water partition coefficient (Wildman–Crippen LogP) is 2.56. The second kappa shape index (κ2) is 4.60. The Morgan fingerprint density at radius 2 is 1.89 bits per heavy atom. The molecule has 0 radical (unpaired) electrons. The summed E-state index contributed by atoms with van der Waals surface area (Å²) >= 11 is 0. The van der Waals surface area contributed by atoms with Crippen molar-refractivity contribution < 1.29 is 13.9 Å². The highest BCUT2D eigenvalue weighted by atomic mass is 16.5. The number of aryl methyl sites for hydroxylation is 1. The van der Waals surface area contributed by atoms with Gasteiger partial charge in [0.15, 0.2) is 5.76 Å². The predicted molar refractivity (Wildman–Crippen MR) is 68.9 cm³/mol. The van der Waals surface area contributed by atoms with Crippen molar-refractivity contribution in [1.29, 1.82) is 0 Å². The van der Waals surface area contributed by atoms with Gasteiger partial charge >= 0.3 is 0 Å². The first-order valence-electron chi connectivity index (χ1n) is 5.53. The SMILES string of the molecule is COc1ccc(-c2oc(N)nc2C)c(OC)c1C. The third kappa shape index (κ3) is 1.88. The molecule has 0 saturated carbocycles. The summed E-state index contributed by atoms with van der Waals surface area (Å²) in [4.78, 5) is 4.06. The van der Waals surface area contributed by atoms with Gasteiger partial charge in [-0.2, -0.15) is 4.98 Å².